The van der Waals surface area contributed by atoms with E-state index in [2.05, 4.69) is 48.1 Å². The molecule has 0 saturated carbocycles. The number of ether oxygens (including phenoxy) is 1. The van der Waals surface area contributed by atoms with E-state index in [1.807, 2.05) is 26.8 Å². The highest BCUT2D eigenvalue weighted by Gasteiger charge is 2.16. The predicted molar refractivity (Wildman–Crippen MR) is 83.3 cm³/mol. The van der Waals surface area contributed by atoms with Crippen LogP contribution in [-0.2, 0) is 0 Å². The normalized spacial score (nSPS) is 13.1. The topological polar surface area (TPSA) is 50.3 Å². The molecular formula is C15H28N4O. The SMILES string of the molecule is Cc1cc(OC(C)C)nc(NC(CN(C)C)C(C)C)n1. The van der Waals surface area contributed by atoms with Gasteiger partial charge in [-0.15, -0.1) is 0 Å². The molecule has 0 aliphatic rings. The minimum absolute atomic E-state index is 0.111. The molecule has 0 aliphatic heterocycles. The van der Waals surface area contributed by atoms with E-state index in [4.69, 9.17) is 4.74 Å². The summed E-state index contributed by atoms with van der Waals surface area (Å²) >= 11 is 0. The van der Waals surface area contributed by atoms with Gasteiger partial charge in [0.2, 0.25) is 11.8 Å². The van der Waals surface area contributed by atoms with Gasteiger partial charge in [0.25, 0.3) is 0 Å². The molecule has 5 heteroatoms. The highest BCUT2D eigenvalue weighted by atomic mass is 16.5. The second-order valence-corrected chi connectivity index (χ2v) is 6.09. The zero-order valence-corrected chi connectivity index (χ0v) is 13.8. The fourth-order valence-electron chi connectivity index (χ4n) is 1.89. The molecule has 0 spiro atoms. The number of nitrogens with one attached hydrogen (secondary N) is 1. The standard InChI is InChI=1S/C15H28N4O/c1-10(2)13(9-19(6)7)17-15-16-12(5)8-14(18-15)20-11(3)4/h8,10-11,13H,9H2,1-7H3,(H,16,17,18). The summed E-state index contributed by atoms with van der Waals surface area (Å²) in [6.45, 7) is 11.3. The molecule has 1 aromatic heterocycles. The molecule has 114 valence electrons. The number of likely N-dealkylation sites (N-methyl/N-ethyl adjacent to an activating group) is 1. The third kappa shape index (κ3) is 5.74. The minimum atomic E-state index is 0.111. The summed E-state index contributed by atoms with van der Waals surface area (Å²) in [7, 11) is 4.14. The van der Waals surface area contributed by atoms with Crippen LogP contribution in [0.25, 0.3) is 0 Å². The Balaban J connectivity index is 2.86. The largest absolute Gasteiger partial charge is 0.475 e. The maximum atomic E-state index is 5.66. The number of hydrogen-bond donors (Lipinski definition) is 1. The third-order valence-corrected chi connectivity index (χ3v) is 2.87. The highest BCUT2D eigenvalue weighted by molar-refractivity contribution is 5.32. The van der Waals surface area contributed by atoms with E-state index < -0.39 is 0 Å². The van der Waals surface area contributed by atoms with E-state index in [0.29, 0.717) is 23.8 Å². The lowest BCUT2D eigenvalue weighted by Crippen LogP contribution is -2.37. The molecule has 20 heavy (non-hydrogen) atoms. The second-order valence-electron chi connectivity index (χ2n) is 6.09. The molecule has 5 nitrogen and oxygen atoms in total. The Morgan fingerprint density at radius 1 is 1.20 bits per heavy atom. The molecule has 0 aliphatic carbocycles. The van der Waals surface area contributed by atoms with Gasteiger partial charge in [-0.3, -0.25) is 0 Å². The zero-order valence-electron chi connectivity index (χ0n) is 13.8. The van der Waals surface area contributed by atoms with Crippen molar-refractivity contribution in [3.05, 3.63) is 11.8 Å². The Bertz CT molecular complexity index is 418. The maximum absolute atomic E-state index is 5.66. The lowest BCUT2D eigenvalue weighted by atomic mass is 10.0. The summed E-state index contributed by atoms with van der Waals surface area (Å²) in [5, 5.41) is 3.42. The molecule has 0 aromatic carbocycles. The average Bonchev–Trinajstić information content (AvgIpc) is 2.25. The molecule has 1 rings (SSSR count). The molecule has 0 fully saturated rings. The van der Waals surface area contributed by atoms with Crippen molar-refractivity contribution in [3.8, 4) is 5.88 Å². The van der Waals surface area contributed by atoms with Crippen LogP contribution in [0.15, 0.2) is 6.07 Å². The predicted octanol–water partition coefficient (Wildman–Crippen LogP) is 2.57. The lowest BCUT2D eigenvalue weighted by molar-refractivity contribution is 0.232. The van der Waals surface area contributed by atoms with Crippen LogP contribution in [0.3, 0.4) is 0 Å². The quantitative estimate of drug-likeness (QED) is 0.832. The molecule has 1 unspecified atom stereocenters. The second kappa shape index (κ2) is 7.43. The molecule has 0 radical (unpaired) electrons. The van der Waals surface area contributed by atoms with Gasteiger partial charge in [0.1, 0.15) is 0 Å². The summed E-state index contributed by atoms with van der Waals surface area (Å²) in [6.07, 6.45) is 0.111. The van der Waals surface area contributed by atoms with Gasteiger partial charge in [0.15, 0.2) is 0 Å². The van der Waals surface area contributed by atoms with Crippen molar-refractivity contribution in [3.63, 3.8) is 0 Å². The van der Waals surface area contributed by atoms with E-state index in [9.17, 15) is 0 Å². The Labute approximate surface area is 122 Å². The van der Waals surface area contributed by atoms with Crippen molar-refractivity contribution in [1.82, 2.24) is 14.9 Å². The molecular weight excluding hydrogens is 252 g/mol. The summed E-state index contributed by atoms with van der Waals surface area (Å²) in [4.78, 5) is 11.1. The smallest absolute Gasteiger partial charge is 0.226 e. The number of anilines is 1. The van der Waals surface area contributed by atoms with Crippen molar-refractivity contribution in [2.24, 2.45) is 5.92 Å². The minimum Gasteiger partial charge on any atom is -0.475 e. The maximum Gasteiger partial charge on any atom is 0.226 e. The van der Waals surface area contributed by atoms with E-state index >= 15 is 0 Å². The van der Waals surface area contributed by atoms with Gasteiger partial charge in [0.05, 0.1) is 6.10 Å². The molecule has 0 bridgehead atoms. The Morgan fingerprint density at radius 3 is 2.35 bits per heavy atom. The van der Waals surface area contributed by atoms with E-state index in [1.165, 1.54) is 0 Å². The summed E-state index contributed by atoms with van der Waals surface area (Å²) in [6, 6.07) is 2.17. The third-order valence-electron chi connectivity index (χ3n) is 2.87. The van der Waals surface area contributed by atoms with E-state index in [-0.39, 0.29) is 6.10 Å². The first-order valence-corrected chi connectivity index (χ1v) is 7.21. The van der Waals surface area contributed by atoms with Crippen LogP contribution in [0.2, 0.25) is 0 Å². The van der Waals surface area contributed by atoms with Gasteiger partial charge in [-0.1, -0.05) is 13.8 Å². The Kier molecular flexibility index (Phi) is 6.20. The Hall–Kier alpha value is -1.36. The van der Waals surface area contributed by atoms with Crippen molar-refractivity contribution < 1.29 is 4.74 Å². The summed E-state index contributed by atoms with van der Waals surface area (Å²) in [5.41, 5.74) is 0.908. The average molecular weight is 280 g/mol. The van der Waals surface area contributed by atoms with Gasteiger partial charge in [-0.25, -0.2) is 4.98 Å². The summed E-state index contributed by atoms with van der Waals surface area (Å²) < 4.78 is 5.66. The van der Waals surface area contributed by atoms with Crippen LogP contribution in [0.5, 0.6) is 5.88 Å². The fourth-order valence-corrected chi connectivity index (χ4v) is 1.89. The number of aryl methyl sites for hydroxylation is 1. The molecule has 1 atom stereocenters. The van der Waals surface area contributed by atoms with Crippen molar-refractivity contribution in [2.75, 3.05) is 26.0 Å². The monoisotopic (exact) mass is 280 g/mol. The van der Waals surface area contributed by atoms with Crippen LogP contribution in [0, 0.1) is 12.8 Å². The molecule has 1 N–H and O–H groups in total. The summed E-state index contributed by atoms with van der Waals surface area (Å²) in [5.74, 6) is 1.76. The van der Waals surface area contributed by atoms with Gasteiger partial charge in [-0.2, -0.15) is 4.98 Å². The zero-order chi connectivity index (χ0) is 15.3. The van der Waals surface area contributed by atoms with Crippen LogP contribution < -0.4 is 10.1 Å². The van der Waals surface area contributed by atoms with Crippen molar-refractivity contribution >= 4 is 5.95 Å². The van der Waals surface area contributed by atoms with E-state index in [0.717, 1.165) is 12.2 Å². The van der Waals surface area contributed by atoms with Gasteiger partial charge in [0, 0.05) is 24.3 Å². The van der Waals surface area contributed by atoms with Gasteiger partial charge < -0.3 is 15.0 Å². The molecule has 1 heterocycles. The van der Waals surface area contributed by atoms with Crippen LogP contribution in [0.1, 0.15) is 33.4 Å². The number of nitrogens with zero attached hydrogens (tertiary/aromatic N) is 3. The van der Waals surface area contributed by atoms with Crippen LogP contribution in [-0.4, -0.2) is 47.7 Å². The van der Waals surface area contributed by atoms with Crippen molar-refractivity contribution in [1.29, 1.82) is 0 Å². The van der Waals surface area contributed by atoms with E-state index in [1.54, 1.807) is 0 Å². The fraction of sp³-hybridized carbons (Fsp3) is 0.733. The number of rotatable bonds is 7. The molecule has 0 saturated heterocycles. The Morgan fingerprint density at radius 2 is 1.85 bits per heavy atom. The first kappa shape index (κ1) is 16.7. The first-order chi connectivity index (χ1) is 9.27. The van der Waals surface area contributed by atoms with Gasteiger partial charge in [-0.05, 0) is 40.8 Å². The van der Waals surface area contributed by atoms with Crippen LogP contribution in [0.4, 0.5) is 5.95 Å². The lowest BCUT2D eigenvalue weighted by Gasteiger charge is -2.25. The van der Waals surface area contributed by atoms with Crippen LogP contribution >= 0.6 is 0 Å². The van der Waals surface area contributed by atoms with Crippen molar-refractivity contribution in [2.45, 2.75) is 46.8 Å². The van der Waals surface area contributed by atoms with Gasteiger partial charge >= 0.3 is 0 Å². The number of hydrogen-bond acceptors (Lipinski definition) is 5. The molecule has 1 aromatic rings. The molecule has 0 amide bonds. The highest BCUT2D eigenvalue weighted by Crippen LogP contribution is 2.16. The first-order valence-electron chi connectivity index (χ1n) is 7.21. The number of aromatic nitrogens is 2.